The van der Waals surface area contributed by atoms with Crippen molar-refractivity contribution in [2.75, 3.05) is 6.61 Å². The van der Waals surface area contributed by atoms with Gasteiger partial charge in [-0.2, -0.15) is 0 Å². The number of esters is 1. The molecule has 0 saturated carbocycles. The smallest absolute Gasteiger partial charge is 0.307 e. The summed E-state index contributed by atoms with van der Waals surface area (Å²) in [7, 11) is 0. The van der Waals surface area contributed by atoms with E-state index in [4.69, 9.17) is 9.47 Å². The number of unbranched alkanes of at least 4 members (excludes halogenated alkanes) is 12. The van der Waals surface area contributed by atoms with Gasteiger partial charge in [0.05, 0.1) is 0 Å². The number of hydrogen-bond acceptors (Lipinski definition) is 4. The molecular weight excluding hydrogens is 362 g/mol. The highest BCUT2D eigenvalue weighted by atomic mass is 16.6. The Bertz CT molecular complexity index is 585. The summed E-state index contributed by atoms with van der Waals surface area (Å²) in [6.45, 7) is 2.58. The fraction of sp³-hybridized carbons (Fsp3) is 0.680. The van der Waals surface area contributed by atoms with Crippen LogP contribution in [0.3, 0.4) is 0 Å². The summed E-state index contributed by atoms with van der Waals surface area (Å²) in [5.41, 5.74) is 0.919. The lowest BCUT2D eigenvalue weighted by Gasteiger charge is -2.07. The van der Waals surface area contributed by atoms with Crippen LogP contribution in [0.2, 0.25) is 0 Å². The number of benzene rings is 1. The summed E-state index contributed by atoms with van der Waals surface area (Å²) in [4.78, 5) is 16.4. The summed E-state index contributed by atoms with van der Waals surface area (Å²) in [6, 6.07) is 9.71. The second kappa shape index (κ2) is 15.1. The van der Waals surface area contributed by atoms with E-state index in [0.717, 1.165) is 18.4 Å². The third kappa shape index (κ3) is 10.5. The Hall–Kier alpha value is -1.84. The first kappa shape index (κ1) is 23.4. The van der Waals surface area contributed by atoms with Gasteiger partial charge in [0.2, 0.25) is 12.1 Å². The molecule has 29 heavy (non-hydrogen) atoms. The van der Waals surface area contributed by atoms with Crippen LogP contribution in [-0.4, -0.2) is 24.7 Å². The van der Waals surface area contributed by atoms with Crippen LogP contribution in [0.4, 0.5) is 0 Å². The molecule has 0 bridgehead atoms. The van der Waals surface area contributed by atoms with E-state index in [1.807, 2.05) is 30.3 Å². The van der Waals surface area contributed by atoms with E-state index in [9.17, 15) is 4.79 Å². The molecule has 0 aliphatic carbocycles. The number of aliphatic imine (C=N–C) groups is 1. The van der Waals surface area contributed by atoms with Crippen LogP contribution in [0, 0.1) is 0 Å². The lowest BCUT2D eigenvalue weighted by Crippen LogP contribution is -2.17. The largest absolute Gasteiger partial charge is 0.471 e. The van der Waals surface area contributed by atoms with E-state index in [1.54, 1.807) is 0 Å². The van der Waals surface area contributed by atoms with Crippen molar-refractivity contribution in [1.82, 2.24) is 0 Å². The Balaban J connectivity index is 1.41. The second-order valence-electron chi connectivity index (χ2n) is 8.05. The normalized spacial score (nSPS) is 15.8. The molecule has 162 valence electrons. The minimum atomic E-state index is -0.500. The maximum atomic E-state index is 12.0. The summed E-state index contributed by atoms with van der Waals surface area (Å²) >= 11 is 0. The highest BCUT2D eigenvalue weighted by Gasteiger charge is 2.23. The lowest BCUT2D eigenvalue weighted by atomic mass is 10.0. The van der Waals surface area contributed by atoms with Gasteiger partial charge >= 0.3 is 5.97 Å². The molecule has 2 rings (SSSR count). The van der Waals surface area contributed by atoms with Crippen molar-refractivity contribution in [3.05, 3.63) is 35.9 Å². The number of rotatable bonds is 16. The molecule has 1 aliphatic heterocycles. The molecule has 1 unspecified atom stereocenters. The molecule has 1 atom stereocenters. The average molecular weight is 402 g/mol. The molecule has 0 spiro atoms. The van der Waals surface area contributed by atoms with Crippen LogP contribution in [-0.2, 0) is 14.3 Å². The Morgan fingerprint density at radius 3 is 2.03 bits per heavy atom. The molecule has 4 heteroatoms. The number of hydrogen-bond donors (Lipinski definition) is 0. The van der Waals surface area contributed by atoms with E-state index in [2.05, 4.69) is 11.9 Å². The molecule has 0 fully saturated rings. The summed E-state index contributed by atoms with van der Waals surface area (Å²) < 4.78 is 11.0. The van der Waals surface area contributed by atoms with E-state index in [1.165, 1.54) is 70.6 Å². The Morgan fingerprint density at radius 2 is 1.45 bits per heavy atom. The van der Waals surface area contributed by atoms with Gasteiger partial charge in [0.1, 0.15) is 6.61 Å². The molecule has 0 saturated heterocycles. The first-order valence-electron chi connectivity index (χ1n) is 11.7. The molecule has 1 aromatic carbocycles. The van der Waals surface area contributed by atoms with E-state index < -0.39 is 6.23 Å². The predicted molar refractivity (Wildman–Crippen MR) is 119 cm³/mol. The van der Waals surface area contributed by atoms with Gasteiger partial charge in [-0.05, 0) is 18.6 Å². The van der Waals surface area contributed by atoms with Gasteiger partial charge < -0.3 is 9.47 Å². The third-order valence-electron chi connectivity index (χ3n) is 5.40. The van der Waals surface area contributed by atoms with Gasteiger partial charge in [-0.3, -0.25) is 4.79 Å². The SMILES string of the molecule is CCCCCCCCCCCCCCCC(=O)OC1COC(c2ccccc2)=N1. The van der Waals surface area contributed by atoms with Crippen molar-refractivity contribution in [1.29, 1.82) is 0 Å². The summed E-state index contributed by atoms with van der Waals surface area (Å²) in [5.74, 6) is 0.393. The quantitative estimate of drug-likeness (QED) is 0.226. The highest BCUT2D eigenvalue weighted by molar-refractivity contribution is 5.95. The third-order valence-corrected chi connectivity index (χ3v) is 5.40. The zero-order chi connectivity index (χ0) is 20.6. The second-order valence-corrected chi connectivity index (χ2v) is 8.05. The summed E-state index contributed by atoms with van der Waals surface area (Å²) in [5, 5.41) is 0. The standard InChI is InChI=1S/C25H39NO3/c1-2-3-4-5-6-7-8-9-10-11-12-13-17-20-24(27)29-23-21-28-25(26-23)22-18-15-14-16-19-22/h14-16,18-19,23H,2-13,17,20-21H2,1H3. The molecule has 1 heterocycles. The topological polar surface area (TPSA) is 47.9 Å². The zero-order valence-electron chi connectivity index (χ0n) is 18.2. The molecule has 0 aromatic heterocycles. The number of ether oxygens (including phenoxy) is 2. The summed E-state index contributed by atoms with van der Waals surface area (Å²) in [6.07, 6.45) is 16.9. The van der Waals surface area contributed by atoms with Gasteiger partial charge in [-0.1, -0.05) is 102 Å². The van der Waals surface area contributed by atoms with Crippen LogP contribution in [0.15, 0.2) is 35.3 Å². The van der Waals surface area contributed by atoms with Crippen molar-refractivity contribution in [2.24, 2.45) is 4.99 Å². The molecule has 0 N–H and O–H groups in total. The Morgan fingerprint density at radius 1 is 0.897 bits per heavy atom. The average Bonchev–Trinajstić information content (AvgIpc) is 3.20. The molecule has 1 aliphatic rings. The number of nitrogens with zero attached hydrogens (tertiary/aromatic N) is 1. The lowest BCUT2D eigenvalue weighted by molar-refractivity contribution is -0.149. The number of carbonyl (C=O) groups excluding carboxylic acids is 1. The van der Waals surface area contributed by atoms with E-state index in [0.29, 0.717) is 18.9 Å². The van der Waals surface area contributed by atoms with Crippen LogP contribution < -0.4 is 0 Å². The van der Waals surface area contributed by atoms with Gasteiger partial charge in [0.15, 0.2) is 0 Å². The number of carbonyl (C=O) groups is 1. The van der Waals surface area contributed by atoms with Gasteiger partial charge in [-0.25, -0.2) is 4.99 Å². The first-order valence-corrected chi connectivity index (χ1v) is 11.7. The predicted octanol–water partition coefficient (Wildman–Crippen LogP) is 6.81. The maximum Gasteiger partial charge on any atom is 0.307 e. The van der Waals surface area contributed by atoms with Gasteiger partial charge in [0, 0.05) is 12.0 Å². The van der Waals surface area contributed by atoms with Crippen LogP contribution >= 0.6 is 0 Å². The molecule has 0 amide bonds. The van der Waals surface area contributed by atoms with Crippen LogP contribution in [0.1, 0.15) is 102 Å². The Kier molecular flexibility index (Phi) is 12.2. The minimum absolute atomic E-state index is 0.167. The molecule has 0 radical (unpaired) electrons. The van der Waals surface area contributed by atoms with Crippen molar-refractivity contribution >= 4 is 11.9 Å². The molecule has 4 nitrogen and oxygen atoms in total. The fourth-order valence-corrected chi connectivity index (χ4v) is 3.65. The Labute approximate surface area is 177 Å². The first-order chi connectivity index (χ1) is 14.3. The van der Waals surface area contributed by atoms with Crippen molar-refractivity contribution < 1.29 is 14.3 Å². The van der Waals surface area contributed by atoms with Crippen molar-refractivity contribution in [3.8, 4) is 0 Å². The van der Waals surface area contributed by atoms with Crippen LogP contribution in [0.5, 0.6) is 0 Å². The van der Waals surface area contributed by atoms with Gasteiger partial charge in [0.25, 0.3) is 0 Å². The molecular formula is C25H39NO3. The highest BCUT2D eigenvalue weighted by Crippen LogP contribution is 2.15. The van der Waals surface area contributed by atoms with Gasteiger partial charge in [-0.15, -0.1) is 0 Å². The van der Waals surface area contributed by atoms with E-state index in [-0.39, 0.29) is 5.97 Å². The van der Waals surface area contributed by atoms with Crippen molar-refractivity contribution in [3.63, 3.8) is 0 Å². The van der Waals surface area contributed by atoms with Crippen molar-refractivity contribution in [2.45, 2.75) is 103 Å². The minimum Gasteiger partial charge on any atom is -0.471 e. The van der Waals surface area contributed by atoms with Crippen LogP contribution in [0.25, 0.3) is 0 Å². The fourth-order valence-electron chi connectivity index (χ4n) is 3.65. The maximum absolute atomic E-state index is 12.0. The van der Waals surface area contributed by atoms with E-state index >= 15 is 0 Å². The monoisotopic (exact) mass is 401 g/mol. The zero-order valence-corrected chi connectivity index (χ0v) is 18.2. The molecule has 1 aromatic rings.